The van der Waals surface area contributed by atoms with E-state index in [1.807, 2.05) is 12.2 Å². The number of cyclic esters (lactones) is 2. The van der Waals surface area contributed by atoms with Gasteiger partial charge in [-0.1, -0.05) is 12.2 Å². The Morgan fingerprint density at radius 1 is 0.938 bits per heavy atom. The maximum Gasteiger partial charge on any atom is 0.318 e. The Morgan fingerprint density at radius 2 is 1.56 bits per heavy atom. The first-order valence-corrected chi connectivity index (χ1v) is 5.65. The van der Waals surface area contributed by atoms with Crippen LogP contribution in [0.1, 0.15) is 6.42 Å². The fourth-order valence-electron chi connectivity index (χ4n) is 4.02. The van der Waals surface area contributed by atoms with E-state index in [2.05, 4.69) is 0 Å². The van der Waals surface area contributed by atoms with E-state index in [0.717, 1.165) is 0 Å². The summed E-state index contributed by atoms with van der Waals surface area (Å²) in [5.74, 6) is -1.02. The maximum absolute atomic E-state index is 11.6. The first kappa shape index (κ1) is 8.67. The molecule has 4 aliphatic carbocycles. The summed E-state index contributed by atoms with van der Waals surface area (Å²) in [6, 6.07) is 0. The number of hydrogen-bond acceptors (Lipinski definition) is 4. The van der Waals surface area contributed by atoms with E-state index in [0.29, 0.717) is 6.42 Å². The molecule has 5 rings (SSSR count). The van der Waals surface area contributed by atoms with Gasteiger partial charge in [0.25, 0.3) is 0 Å². The second kappa shape index (κ2) is 2.44. The number of hydrogen-bond donors (Lipinski definition) is 0. The Hall–Kier alpha value is -1.45. The Labute approximate surface area is 91.6 Å². The molecule has 1 saturated heterocycles. The molecule has 16 heavy (non-hydrogen) atoms. The summed E-state index contributed by atoms with van der Waals surface area (Å²) in [5, 5.41) is 0. The van der Waals surface area contributed by atoms with Crippen LogP contribution >= 0.6 is 0 Å². The van der Waals surface area contributed by atoms with E-state index in [1.54, 1.807) is 0 Å². The summed E-state index contributed by atoms with van der Waals surface area (Å²) in [4.78, 5) is 34.8. The van der Waals surface area contributed by atoms with Crippen molar-refractivity contribution in [2.45, 2.75) is 6.42 Å². The molecule has 0 amide bonds. The Balaban J connectivity index is 1.84. The zero-order valence-corrected chi connectivity index (χ0v) is 8.46. The first-order valence-electron chi connectivity index (χ1n) is 5.65. The predicted molar refractivity (Wildman–Crippen MR) is 50.8 cm³/mol. The highest BCUT2D eigenvalue weighted by atomic mass is 16.6. The molecule has 4 nitrogen and oxygen atoms in total. The fourth-order valence-corrected chi connectivity index (χ4v) is 4.02. The predicted octanol–water partition coefficient (Wildman–Crippen LogP) is 0.323. The van der Waals surface area contributed by atoms with Gasteiger partial charge in [-0.05, 0) is 11.8 Å². The average molecular weight is 218 g/mol. The van der Waals surface area contributed by atoms with Crippen LogP contribution in [0, 0.1) is 35.5 Å². The molecule has 3 fully saturated rings. The topological polar surface area (TPSA) is 60.4 Å². The molecule has 6 atom stereocenters. The lowest BCUT2D eigenvalue weighted by atomic mass is 9.46. The molecule has 1 heterocycles. The fraction of sp³-hybridized carbons (Fsp3) is 0.583. The number of allylic oxidation sites excluding steroid dienone is 2. The van der Waals surface area contributed by atoms with Crippen LogP contribution in [0.5, 0.6) is 0 Å². The van der Waals surface area contributed by atoms with Gasteiger partial charge in [0.1, 0.15) is 5.78 Å². The van der Waals surface area contributed by atoms with Gasteiger partial charge in [-0.15, -0.1) is 0 Å². The van der Waals surface area contributed by atoms with Crippen LogP contribution < -0.4 is 0 Å². The Kier molecular flexibility index (Phi) is 1.32. The van der Waals surface area contributed by atoms with Gasteiger partial charge < -0.3 is 4.74 Å². The lowest BCUT2D eigenvalue weighted by molar-refractivity contribution is -0.154. The highest BCUT2D eigenvalue weighted by Gasteiger charge is 2.65. The molecule has 0 spiro atoms. The summed E-state index contributed by atoms with van der Waals surface area (Å²) in [6.07, 6.45) is 4.53. The normalized spacial score (nSPS) is 52.1. The molecular formula is C12H10O4. The lowest BCUT2D eigenvalue weighted by Crippen LogP contribution is -2.58. The van der Waals surface area contributed by atoms with Gasteiger partial charge >= 0.3 is 11.9 Å². The molecule has 82 valence electrons. The zero-order valence-electron chi connectivity index (χ0n) is 8.46. The van der Waals surface area contributed by atoms with E-state index in [4.69, 9.17) is 4.74 Å². The molecule has 0 aromatic heterocycles. The first-order chi connectivity index (χ1) is 7.68. The van der Waals surface area contributed by atoms with Gasteiger partial charge in [0.2, 0.25) is 0 Å². The minimum Gasteiger partial charge on any atom is -0.393 e. The van der Waals surface area contributed by atoms with Crippen molar-refractivity contribution in [2.24, 2.45) is 35.5 Å². The quantitative estimate of drug-likeness (QED) is 0.334. The maximum atomic E-state index is 11.6. The van der Waals surface area contributed by atoms with Crippen molar-refractivity contribution in [1.29, 1.82) is 0 Å². The van der Waals surface area contributed by atoms with Crippen molar-refractivity contribution in [3.05, 3.63) is 12.2 Å². The Bertz CT molecular complexity index is 464. The second-order valence-electron chi connectivity index (χ2n) is 5.19. The van der Waals surface area contributed by atoms with Crippen LogP contribution in [-0.4, -0.2) is 17.7 Å². The molecule has 2 bridgehead atoms. The monoisotopic (exact) mass is 218 g/mol. The smallest absolute Gasteiger partial charge is 0.318 e. The van der Waals surface area contributed by atoms with E-state index >= 15 is 0 Å². The average Bonchev–Trinajstić information content (AvgIpc) is 2.54. The summed E-state index contributed by atoms with van der Waals surface area (Å²) < 4.78 is 4.72. The largest absolute Gasteiger partial charge is 0.393 e. The molecule has 0 radical (unpaired) electrons. The Morgan fingerprint density at radius 3 is 2.25 bits per heavy atom. The molecule has 0 aromatic rings. The van der Waals surface area contributed by atoms with Gasteiger partial charge in [-0.2, -0.15) is 0 Å². The second-order valence-corrected chi connectivity index (χ2v) is 5.19. The molecule has 4 heteroatoms. The molecule has 1 aliphatic heterocycles. The summed E-state index contributed by atoms with van der Waals surface area (Å²) in [7, 11) is 0. The SMILES string of the molecule is O=C1OC(=O)[C@H]2[C@@H]3C=C[C@H]([C@@H]12)[C@@H]1C(=O)C[C@H]31. The minimum atomic E-state index is -0.424. The number of carbonyl (C=O) groups excluding carboxylic acids is 3. The molecule has 2 saturated carbocycles. The van der Waals surface area contributed by atoms with Crippen LogP contribution in [0.3, 0.4) is 0 Å². The third-order valence-electron chi connectivity index (χ3n) is 4.70. The number of rotatable bonds is 0. The van der Waals surface area contributed by atoms with Crippen molar-refractivity contribution in [3.8, 4) is 0 Å². The zero-order chi connectivity index (χ0) is 11.0. The van der Waals surface area contributed by atoms with Crippen molar-refractivity contribution >= 4 is 17.7 Å². The number of ether oxygens (including phenoxy) is 1. The van der Waals surface area contributed by atoms with E-state index in [-0.39, 0.29) is 47.3 Å². The van der Waals surface area contributed by atoms with Crippen LogP contribution in [0.15, 0.2) is 12.2 Å². The van der Waals surface area contributed by atoms with Gasteiger partial charge in [-0.25, -0.2) is 0 Å². The van der Waals surface area contributed by atoms with Crippen LogP contribution in [0.2, 0.25) is 0 Å². The third kappa shape index (κ3) is 0.740. The molecular weight excluding hydrogens is 208 g/mol. The lowest BCUT2D eigenvalue weighted by Gasteiger charge is -2.53. The van der Waals surface area contributed by atoms with Gasteiger partial charge in [0, 0.05) is 18.3 Å². The van der Waals surface area contributed by atoms with Gasteiger partial charge in [-0.3, -0.25) is 14.4 Å². The number of Topliss-reactive ketones (excluding diaryl/α,β-unsaturated/α-hetero) is 1. The van der Waals surface area contributed by atoms with Crippen molar-refractivity contribution in [1.82, 2.24) is 0 Å². The summed E-state index contributed by atoms with van der Waals surface area (Å²) in [6.45, 7) is 0. The van der Waals surface area contributed by atoms with Crippen LogP contribution in [-0.2, 0) is 19.1 Å². The number of carbonyl (C=O) groups is 3. The highest BCUT2D eigenvalue weighted by molar-refractivity contribution is 6.00. The van der Waals surface area contributed by atoms with Gasteiger partial charge in [0.05, 0.1) is 11.8 Å². The molecule has 5 aliphatic rings. The number of ketones is 1. The standard InChI is InChI=1S/C12H10O4/c13-7-3-6-4-1-2-5(8(6)7)10-9(4)11(14)16-12(10)15/h1-2,4-6,8-10H,3H2/t4-,5+,6-,8+,9+,10-/m1/s1. The number of esters is 2. The highest BCUT2D eigenvalue weighted by Crippen LogP contribution is 2.59. The van der Waals surface area contributed by atoms with Crippen LogP contribution in [0.4, 0.5) is 0 Å². The van der Waals surface area contributed by atoms with Crippen LogP contribution in [0.25, 0.3) is 0 Å². The van der Waals surface area contributed by atoms with Gasteiger partial charge in [0.15, 0.2) is 0 Å². The van der Waals surface area contributed by atoms with E-state index in [9.17, 15) is 14.4 Å². The van der Waals surface area contributed by atoms with Crippen molar-refractivity contribution < 1.29 is 19.1 Å². The summed E-state index contributed by atoms with van der Waals surface area (Å²) >= 11 is 0. The molecule has 0 N–H and O–H groups in total. The van der Waals surface area contributed by atoms with Crippen molar-refractivity contribution in [2.75, 3.05) is 0 Å². The summed E-state index contributed by atoms with van der Waals surface area (Å²) in [5.41, 5.74) is 0. The van der Waals surface area contributed by atoms with Crippen molar-refractivity contribution in [3.63, 3.8) is 0 Å². The third-order valence-corrected chi connectivity index (χ3v) is 4.70. The van der Waals surface area contributed by atoms with E-state index < -0.39 is 5.97 Å². The molecule has 0 unspecified atom stereocenters. The molecule has 0 aromatic carbocycles. The minimum absolute atomic E-state index is 0.0188. The van der Waals surface area contributed by atoms with E-state index in [1.165, 1.54) is 0 Å².